The van der Waals surface area contributed by atoms with E-state index in [1.54, 1.807) is 24.3 Å². The van der Waals surface area contributed by atoms with Crippen molar-refractivity contribution >= 4 is 11.9 Å². The lowest BCUT2D eigenvalue weighted by Crippen LogP contribution is -2.43. The number of methoxy groups -OCH3 is 2. The van der Waals surface area contributed by atoms with Gasteiger partial charge in [-0.2, -0.15) is 0 Å². The Labute approximate surface area is 149 Å². The average Bonchev–Trinajstić information content (AvgIpc) is 2.64. The molecule has 2 aromatic rings. The van der Waals surface area contributed by atoms with Crippen LogP contribution >= 0.6 is 0 Å². The third-order valence-electron chi connectivity index (χ3n) is 3.79. The van der Waals surface area contributed by atoms with Crippen molar-refractivity contribution in [2.45, 2.75) is 18.9 Å². The molecular formula is C19H19F2NO4. The molecule has 2 aromatic carbocycles. The van der Waals surface area contributed by atoms with E-state index in [9.17, 15) is 18.4 Å². The van der Waals surface area contributed by atoms with Crippen LogP contribution in [0.3, 0.4) is 0 Å². The number of amides is 1. The molecule has 2 rings (SSSR count). The lowest BCUT2D eigenvalue weighted by atomic mass is 10.0. The molecule has 0 aliphatic rings. The highest BCUT2D eigenvalue weighted by atomic mass is 19.2. The van der Waals surface area contributed by atoms with E-state index in [0.717, 1.165) is 17.7 Å². The summed E-state index contributed by atoms with van der Waals surface area (Å²) < 4.78 is 36.2. The minimum Gasteiger partial charge on any atom is -0.496 e. The summed E-state index contributed by atoms with van der Waals surface area (Å²) in [7, 11) is 2.73. The smallest absolute Gasteiger partial charge is 0.328 e. The van der Waals surface area contributed by atoms with E-state index >= 15 is 0 Å². The fraction of sp³-hybridized carbons (Fsp3) is 0.263. The van der Waals surface area contributed by atoms with Gasteiger partial charge in [0.2, 0.25) is 5.91 Å². The first-order chi connectivity index (χ1) is 12.4. The molecule has 138 valence electrons. The molecule has 0 saturated heterocycles. The Morgan fingerprint density at radius 3 is 2.46 bits per heavy atom. The molecule has 5 nitrogen and oxygen atoms in total. The van der Waals surface area contributed by atoms with Crippen molar-refractivity contribution in [1.82, 2.24) is 5.32 Å². The van der Waals surface area contributed by atoms with Gasteiger partial charge in [-0.25, -0.2) is 13.6 Å². The van der Waals surface area contributed by atoms with Crippen LogP contribution in [-0.2, 0) is 27.2 Å². The van der Waals surface area contributed by atoms with Gasteiger partial charge in [0.15, 0.2) is 11.6 Å². The number of para-hydroxylation sites is 1. The fourth-order valence-electron chi connectivity index (χ4n) is 2.51. The lowest BCUT2D eigenvalue weighted by molar-refractivity contribution is -0.145. The van der Waals surface area contributed by atoms with Gasteiger partial charge in [0.1, 0.15) is 11.8 Å². The molecule has 0 aromatic heterocycles. The van der Waals surface area contributed by atoms with E-state index in [-0.39, 0.29) is 12.8 Å². The monoisotopic (exact) mass is 363 g/mol. The molecular weight excluding hydrogens is 344 g/mol. The van der Waals surface area contributed by atoms with Crippen molar-refractivity contribution < 1.29 is 27.8 Å². The number of esters is 1. The molecule has 0 fully saturated rings. The van der Waals surface area contributed by atoms with Gasteiger partial charge in [-0.1, -0.05) is 24.3 Å². The Hall–Kier alpha value is -2.96. The maximum atomic E-state index is 13.3. The molecule has 26 heavy (non-hydrogen) atoms. The lowest BCUT2D eigenvalue weighted by Gasteiger charge is -2.18. The molecule has 1 amide bonds. The summed E-state index contributed by atoms with van der Waals surface area (Å²) in [5, 5.41) is 2.56. The second kappa shape index (κ2) is 8.94. The molecule has 0 aliphatic carbocycles. The summed E-state index contributed by atoms with van der Waals surface area (Å²) in [5.41, 5.74) is 1.01. The predicted octanol–water partition coefficient (Wildman–Crippen LogP) is 2.42. The van der Waals surface area contributed by atoms with Crippen molar-refractivity contribution in [2.75, 3.05) is 14.2 Å². The molecule has 0 heterocycles. The van der Waals surface area contributed by atoms with Crippen molar-refractivity contribution in [3.05, 3.63) is 65.2 Å². The highest BCUT2D eigenvalue weighted by Gasteiger charge is 2.23. The predicted molar refractivity (Wildman–Crippen MR) is 90.7 cm³/mol. The first-order valence-corrected chi connectivity index (χ1v) is 7.87. The molecule has 0 bridgehead atoms. The minimum atomic E-state index is -1.03. The van der Waals surface area contributed by atoms with Gasteiger partial charge >= 0.3 is 5.97 Å². The molecule has 0 saturated carbocycles. The zero-order valence-electron chi connectivity index (χ0n) is 14.4. The fourth-order valence-corrected chi connectivity index (χ4v) is 2.51. The standard InChI is InChI=1S/C19H19F2NO4/c1-25-17-6-4-3-5-13(17)11-16(19(24)26-2)22-18(23)10-12-7-8-14(20)15(21)9-12/h3-9,16H,10-11H2,1-2H3,(H,22,23)/t16-/m1/s1. The van der Waals surface area contributed by atoms with E-state index in [0.29, 0.717) is 11.3 Å². The van der Waals surface area contributed by atoms with Crippen LogP contribution in [0.15, 0.2) is 42.5 Å². The number of hydrogen-bond donors (Lipinski definition) is 1. The van der Waals surface area contributed by atoms with Crippen LogP contribution in [0.5, 0.6) is 5.75 Å². The molecule has 0 spiro atoms. The Balaban J connectivity index is 2.10. The largest absolute Gasteiger partial charge is 0.496 e. The van der Waals surface area contributed by atoms with Crippen molar-refractivity contribution in [3.8, 4) is 5.75 Å². The summed E-state index contributed by atoms with van der Waals surface area (Å²) in [5.74, 6) is -2.57. The van der Waals surface area contributed by atoms with Gasteiger partial charge in [-0.15, -0.1) is 0 Å². The van der Waals surface area contributed by atoms with Crippen LogP contribution in [-0.4, -0.2) is 32.1 Å². The summed E-state index contributed by atoms with van der Waals surface area (Å²) in [6, 6.07) is 9.36. The first kappa shape index (κ1) is 19.4. The number of ether oxygens (including phenoxy) is 2. The number of carbonyl (C=O) groups excluding carboxylic acids is 2. The zero-order valence-corrected chi connectivity index (χ0v) is 14.4. The van der Waals surface area contributed by atoms with Crippen molar-refractivity contribution in [2.24, 2.45) is 0 Å². The third-order valence-corrected chi connectivity index (χ3v) is 3.79. The Kier molecular flexibility index (Phi) is 6.66. The SMILES string of the molecule is COC(=O)[C@@H](Cc1ccccc1OC)NC(=O)Cc1ccc(F)c(F)c1. The number of carbonyl (C=O) groups is 2. The van der Waals surface area contributed by atoms with Crippen LogP contribution < -0.4 is 10.1 Å². The van der Waals surface area contributed by atoms with Gasteiger partial charge in [-0.3, -0.25) is 4.79 Å². The number of benzene rings is 2. The maximum Gasteiger partial charge on any atom is 0.328 e. The van der Waals surface area contributed by atoms with Gasteiger partial charge in [-0.05, 0) is 29.3 Å². The van der Waals surface area contributed by atoms with Gasteiger partial charge in [0, 0.05) is 6.42 Å². The van der Waals surface area contributed by atoms with Gasteiger partial charge < -0.3 is 14.8 Å². The highest BCUT2D eigenvalue weighted by Crippen LogP contribution is 2.19. The Morgan fingerprint density at radius 1 is 1.08 bits per heavy atom. The van der Waals surface area contributed by atoms with E-state index < -0.39 is 29.6 Å². The number of nitrogens with one attached hydrogen (secondary N) is 1. The maximum absolute atomic E-state index is 13.3. The quantitative estimate of drug-likeness (QED) is 0.768. The molecule has 1 atom stereocenters. The van der Waals surface area contributed by atoms with E-state index in [4.69, 9.17) is 9.47 Å². The minimum absolute atomic E-state index is 0.167. The van der Waals surface area contributed by atoms with Crippen molar-refractivity contribution in [3.63, 3.8) is 0 Å². The summed E-state index contributed by atoms with van der Waals surface area (Å²) in [6.07, 6.45) is -0.0309. The molecule has 0 aliphatic heterocycles. The topological polar surface area (TPSA) is 64.6 Å². The Bertz CT molecular complexity index is 795. The number of halogens is 2. The average molecular weight is 363 g/mol. The third kappa shape index (κ3) is 5.02. The van der Waals surface area contributed by atoms with Crippen molar-refractivity contribution in [1.29, 1.82) is 0 Å². The normalized spacial score (nSPS) is 11.5. The molecule has 1 N–H and O–H groups in total. The summed E-state index contributed by atoms with van der Waals surface area (Å²) in [4.78, 5) is 24.2. The highest BCUT2D eigenvalue weighted by molar-refractivity contribution is 5.85. The number of rotatable bonds is 7. The molecule has 0 unspecified atom stereocenters. The summed E-state index contributed by atoms with van der Waals surface area (Å²) >= 11 is 0. The van der Waals surface area contributed by atoms with Crippen LogP contribution in [0.25, 0.3) is 0 Å². The van der Waals surface area contributed by atoms with Crippen LogP contribution in [0.2, 0.25) is 0 Å². The second-order valence-corrected chi connectivity index (χ2v) is 5.58. The Morgan fingerprint density at radius 2 is 1.81 bits per heavy atom. The second-order valence-electron chi connectivity index (χ2n) is 5.58. The molecule has 0 radical (unpaired) electrons. The van der Waals surface area contributed by atoms with Crippen LogP contribution in [0.1, 0.15) is 11.1 Å². The van der Waals surface area contributed by atoms with Crippen LogP contribution in [0.4, 0.5) is 8.78 Å². The van der Waals surface area contributed by atoms with Crippen LogP contribution in [0, 0.1) is 11.6 Å². The zero-order chi connectivity index (χ0) is 19.1. The molecule has 7 heteroatoms. The summed E-state index contributed by atoms with van der Waals surface area (Å²) in [6.45, 7) is 0. The first-order valence-electron chi connectivity index (χ1n) is 7.87. The van der Waals surface area contributed by atoms with E-state index in [1.165, 1.54) is 20.3 Å². The van der Waals surface area contributed by atoms with E-state index in [2.05, 4.69) is 5.32 Å². The van der Waals surface area contributed by atoms with E-state index in [1.807, 2.05) is 0 Å². The number of hydrogen-bond acceptors (Lipinski definition) is 4. The van der Waals surface area contributed by atoms with Gasteiger partial charge in [0.25, 0.3) is 0 Å². The van der Waals surface area contributed by atoms with Gasteiger partial charge in [0.05, 0.1) is 20.6 Å².